The van der Waals surface area contributed by atoms with Crippen LogP contribution < -0.4 is 10.4 Å². The SMILES string of the molecule is CCCC[CH-][Si](C)(c1ccccc1)c1ccccc1.[CH2-]CCC.[Mg+2]. The van der Waals surface area contributed by atoms with Gasteiger partial charge in [0.1, 0.15) is 0 Å². The van der Waals surface area contributed by atoms with E-state index in [0.717, 1.165) is 6.42 Å². The van der Waals surface area contributed by atoms with Gasteiger partial charge in [0.2, 0.25) is 0 Å². The van der Waals surface area contributed by atoms with Gasteiger partial charge in [-0.05, 0) is 8.07 Å². The van der Waals surface area contributed by atoms with Crippen LogP contribution in [-0.4, -0.2) is 31.1 Å². The van der Waals surface area contributed by atoms with Crippen LogP contribution in [0.2, 0.25) is 6.55 Å². The summed E-state index contributed by atoms with van der Waals surface area (Å²) in [5.41, 5.74) is 0. The number of benzene rings is 2. The maximum atomic E-state index is 3.60. The van der Waals surface area contributed by atoms with Gasteiger partial charge in [-0.15, -0.1) is 0 Å². The second kappa shape index (κ2) is 13.7. The first-order valence-corrected chi connectivity index (χ1v) is 11.5. The molecule has 0 fully saturated rings. The molecule has 0 heterocycles. The van der Waals surface area contributed by atoms with Gasteiger partial charge < -0.3 is 13.0 Å². The van der Waals surface area contributed by atoms with E-state index in [0.29, 0.717) is 0 Å². The maximum absolute atomic E-state index is 3.60. The number of rotatable bonds is 7. The van der Waals surface area contributed by atoms with E-state index in [2.05, 4.69) is 94.0 Å². The first-order chi connectivity index (χ1) is 11.2. The Balaban J connectivity index is 0.000000954. The molecule has 126 valence electrons. The standard InChI is InChI=1S/C18H23Si.C4H9.Mg/c1-3-4-11-16-19(2,17-12-7-5-8-13-17)18-14-9-6-10-15-18;1-3-4-2;/h5-10,12-16H,3-4,11H2,1-2H3;1,3-4H2,2H3;/q2*-1;+2. The Labute approximate surface area is 167 Å². The van der Waals surface area contributed by atoms with Crippen molar-refractivity contribution in [2.45, 2.75) is 52.5 Å². The molecular weight excluding hydrogens is 317 g/mol. The van der Waals surface area contributed by atoms with Crippen LogP contribution in [0.25, 0.3) is 0 Å². The fourth-order valence-electron chi connectivity index (χ4n) is 2.57. The Morgan fingerprint density at radius 3 is 1.58 bits per heavy atom. The molecule has 0 aliphatic heterocycles. The predicted molar refractivity (Wildman–Crippen MR) is 114 cm³/mol. The van der Waals surface area contributed by atoms with Gasteiger partial charge >= 0.3 is 23.1 Å². The Bertz CT molecular complexity index is 469. The predicted octanol–water partition coefficient (Wildman–Crippen LogP) is 5.05. The molecule has 2 heteroatoms. The van der Waals surface area contributed by atoms with E-state index in [9.17, 15) is 0 Å². The second-order valence-electron chi connectivity index (χ2n) is 6.13. The molecule has 0 bridgehead atoms. The molecule has 24 heavy (non-hydrogen) atoms. The minimum absolute atomic E-state index is 0. The zero-order valence-electron chi connectivity index (χ0n) is 15.8. The van der Waals surface area contributed by atoms with E-state index >= 15 is 0 Å². The summed E-state index contributed by atoms with van der Waals surface area (Å²) in [5.74, 6) is 0. The van der Waals surface area contributed by atoms with Crippen LogP contribution in [0.3, 0.4) is 0 Å². The van der Waals surface area contributed by atoms with Crippen molar-refractivity contribution in [3.8, 4) is 0 Å². The molecular formula is C22H32MgSi. The second-order valence-corrected chi connectivity index (χ2v) is 10.1. The third-order valence-corrected chi connectivity index (χ3v) is 8.38. The van der Waals surface area contributed by atoms with Gasteiger partial charge in [0.15, 0.2) is 0 Å². The molecule has 0 spiro atoms. The van der Waals surface area contributed by atoms with E-state index in [1.54, 1.807) is 0 Å². The summed E-state index contributed by atoms with van der Waals surface area (Å²) in [6, 6.07) is 24.7. The van der Waals surface area contributed by atoms with Gasteiger partial charge in [-0.25, -0.2) is 0 Å². The average molecular weight is 349 g/mol. The first-order valence-electron chi connectivity index (χ1n) is 8.93. The molecule has 0 radical (unpaired) electrons. The summed E-state index contributed by atoms with van der Waals surface area (Å²) in [5, 5.41) is 3.02. The van der Waals surface area contributed by atoms with Gasteiger partial charge in [0, 0.05) is 0 Å². The summed E-state index contributed by atoms with van der Waals surface area (Å²) >= 11 is 0. The van der Waals surface area contributed by atoms with Crippen molar-refractivity contribution in [2.75, 3.05) is 0 Å². The zero-order valence-corrected chi connectivity index (χ0v) is 18.2. The molecule has 0 aliphatic carbocycles. The molecule has 0 amide bonds. The molecule has 0 aromatic heterocycles. The molecule has 0 saturated carbocycles. The van der Waals surface area contributed by atoms with Crippen molar-refractivity contribution in [2.24, 2.45) is 0 Å². The van der Waals surface area contributed by atoms with Crippen LogP contribution in [0.4, 0.5) is 0 Å². The van der Waals surface area contributed by atoms with E-state index in [1.807, 2.05) is 0 Å². The van der Waals surface area contributed by atoms with E-state index in [4.69, 9.17) is 0 Å². The van der Waals surface area contributed by atoms with Crippen LogP contribution in [0, 0.1) is 13.0 Å². The van der Waals surface area contributed by atoms with E-state index in [1.165, 1.54) is 36.1 Å². The van der Waals surface area contributed by atoms with Crippen molar-refractivity contribution in [3.05, 3.63) is 73.6 Å². The van der Waals surface area contributed by atoms with Crippen molar-refractivity contribution >= 4 is 41.5 Å². The van der Waals surface area contributed by atoms with Crippen LogP contribution in [0.15, 0.2) is 60.7 Å². The van der Waals surface area contributed by atoms with Crippen molar-refractivity contribution in [3.63, 3.8) is 0 Å². The minimum Gasteiger partial charge on any atom is -0.343 e. The molecule has 0 saturated heterocycles. The smallest absolute Gasteiger partial charge is 0.343 e. The normalized spacial score (nSPS) is 10.3. The quantitative estimate of drug-likeness (QED) is 0.373. The van der Waals surface area contributed by atoms with Crippen LogP contribution in [0.1, 0.15) is 46.0 Å². The number of unbranched alkanes of at least 4 members (excludes halogenated alkanes) is 3. The van der Waals surface area contributed by atoms with E-state index in [-0.39, 0.29) is 23.1 Å². The monoisotopic (exact) mass is 348 g/mol. The fourth-order valence-corrected chi connectivity index (χ4v) is 5.92. The van der Waals surface area contributed by atoms with Gasteiger partial charge in [0.25, 0.3) is 0 Å². The summed E-state index contributed by atoms with van der Waals surface area (Å²) in [7, 11) is -1.66. The van der Waals surface area contributed by atoms with Gasteiger partial charge in [-0.1, -0.05) is 111 Å². The molecule has 0 unspecified atom stereocenters. The van der Waals surface area contributed by atoms with Crippen molar-refractivity contribution in [1.29, 1.82) is 0 Å². The molecule has 0 atom stereocenters. The third kappa shape index (κ3) is 7.54. The Morgan fingerprint density at radius 1 is 0.833 bits per heavy atom. The average Bonchev–Trinajstić information content (AvgIpc) is 2.63. The van der Waals surface area contributed by atoms with Gasteiger partial charge in [0.05, 0.1) is 0 Å². The molecule has 0 aliphatic rings. The summed E-state index contributed by atoms with van der Waals surface area (Å²) in [4.78, 5) is 0. The van der Waals surface area contributed by atoms with Crippen molar-refractivity contribution in [1.82, 2.24) is 0 Å². The molecule has 2 aromatic carbocycles. The van der Waals surface area contributed by atoms with Crippen LogP contribution in [0.5, 0.6) is 0 Å². The van der Waals surface area contributed by atoms with E-state index < -0.39 is 8.07 Å². The fraction of sp³-hybridized carbons (Fsp3) is 0.364. The van der Waals surface area contributed by atoms with Crippen molar-refractivity contribution < 1.29 is 0 Å². The Hall–Kier alpha value is -0.577. The summed E-state index contributed by atoms with van der Waals surface area (Å²) < 4.78 is 0. The van der Waals surface area contributed by atoms with Gasteiger partial charge in [-0.2, -0.15) is 12.8 Å². The largest absolute Gasteiger partial charge is 2.00 e. The summed E-state index contributed by atoms with van der Waals surface area (Å²) in [6.45, 7) is 10.4. The van der Waals surface area contributed by atoms with Gasteiger partial charge in [-0.3, -0.25) is 0 Å². The van der Waals surface area contributed by atoms with Crippen LogP contribution >= 0.6 is 0 Å². The first kappa shape index (κ1) is 23.4. The Kier molecular flexibility index (Phi) is 13.4. The minimum atomic E-state index is -1.66. The molecule has 0 nitrogen and oxygen atoms in total. The van der Waals surface area contributed by atoms with Crippen LogP contribution in [-0.2, 0) is 0 Å². The Morgan fingerprint density at radius 2 is 1.25 bits per heavy atom. The zero-order chi connectivity index (χ0) is 17.0. The summed E-state index contributed by atoms with van der Waals surface area (Å²) in [6.07, 6.45) is 6.07. The molecule has 2 rings (SSSR count). The number of hydrogen-bond acceptors (Lipinski definition) is 0. The molecule has 0 N–H and O–H groups in total. The third-order valence-electron chi connectivity index (χ3n) is 4.21. The topological polar surface area (TPSA) is 0 Å². The maximum Gasteiger partial charge on any atom is 2.00 e. The molecule has 2 aromatic rings. The number of hydrogen-bond donors (Lipinski definition) is 0.